The number of anilines is 2. The highest BCUT2D eigenvalue weighted by Crippen LogP contribution is 2.16. The number of esters is 1. The van der Waals surface area contributed by atoms with Crippen LogP contribution >= 0.6 is 0 Å². The lowest BCUT2D eigenvalue weighted by molar-refractivity contribution is 0.0527. The topological polar surface area (TPSA) is 86.5 Å². The highest BCUT2D eigenvalue weighted by atomic mass is 16.5. The van der Waals surface area contributed by atoms with E-state index < -0.39 is 5.97 Å². The van der Waals surface area contributed by atoms with Gasteiger partial charge < -0.3 is 20.5 Å². The predicted octanol–water partition coefficient (Wildman–Crippen LogP) is 1.29. The molecule has 1 unspecified atom stereocenters. The van der Waals surface area contributed by atoms with Crippen molar-refractivity contribution in [2.75, 3.05) is 31.4 Å². The van der Waals surface area contributed by atoms with E-state index >= 15 is 0 Å². The van der Waals surface area contributed by atoms with Crippen LogP contribution in [0.4, 0.5) is 11.5 Å². The molecule has 0 saturated carbocycles. The first-order valence-corrected chi connectivity index (χ1v) is 5.76. The van der Waals surface area contributed by atoms with E-state index in [9.17, 15) is 4.79 Å². The summed E-state index contributed by atoms with van der Waals surface area (Å²) in [7, 11) is 1.62. The first-order valence-electron chi connectivity index (χ1n) is 5.76. The molecule has 0 aromatic carbocycles. The van der Waals surface area contributed by atoms with Crippen molar-refractivity contribution >= 4 is 17.5 Å². The van der Waals surface area contributed by atoms with Crippen LogP contribution in [-0.4, -0.2) is 37.3 Å². The van der Waals surface area contributed by atoms with E-state index in [-0.39, 0.29) is 6.04 Å². The second kappa shape index (κ2) is 6.80. The van der Waals surface area contributed by atoms with Crippen molar-refractivity contribution < 1.29 is 14.3 Å². The van der Waals surface area contributed by atoms with Gasteiger partial charge in [-0.1, -0.05) is 0 Å². The Balaban J connectivity index is 2.83. The lowest BCUT2D eigenvalue weighted by atomic mass is 10.2. The van der Waals surface area contributed by atoms with Gasteiger partial charge >= 0.3 is 5.97 Å². The average Bonchev–Trinajstić information content (AvgIpc) is 2.32. The summed E-state index contributed by atoms with van der Waals surface area (Å²) in [6.07, 6.45) is 1.44. The van der Waals surface area contributed by atoms with Gasteiger partial charge in [0, 0.05) is 13.2 Å². The maximum absolute atomic E-state index is 11.6. The molecule has 3 N–H and O–H groups in total. The number of pyridine rings is 1. The summed E-state index contributed by atoms with van der Waals surface area (Å²) in [5.41, 5.74) is 6.32. The summed E-state index contributed by atoms with van der Waals surface area (Å²) in [6.45, 7) is 4.55. The smallest absolute Gasteiger partial charge is 0.340 e. The van der Waals surface area contributed by atoms with Gasteiger partial charge in [-0.05, 0) is 19.9 Å². The quantitative estimate of drug-likeness (QED) is 0.743. The number of nitrogens with one attached hydrogen (secondary N) is 1. The monoisotopic (exact) mass is 253 g/mol. The fraction of sp³-hybridized carbons (Fsp3) is 0.500. The molecule has 1 atom stereocenters. The SMILES string of the molecule is CCOC(=O)c1cc(NC(C)COC)ncc1N. The van der Waals surface area contributed by atoms with Gasteiger partial charge in [-0.2, -0.15) is 0 Å². The minimum absolute atomic E-state index is 0.0844. The first kappa shape index (κ1) is 14.2. The van der Waals surface area contributed by atoms with E-state index in [0.29, 0.717) is 30.3 Å². The summed E-state index contributed by atoms with van der Waals surface area (Å²) in [5.74, 6) is 0.122. The fourth-order valence-electron chi connectivity index (χ4n) is 1.47. The number of rotatable bonds is 6. The van der Waals surface area contributed by atoms with Crippen molar-refractivity contribution in [3.8, 4) is 0 Å². The maximum atomic E-state index is 11.6. The number of nitrogens with two attached hydrogens (primary N) is 1. The lowest BCUT2D eigenvalue weighted by Gasteiger charge is -2.14. The van der Waals surface area contributed by atoms with Gasteiger partial charge in [-0.15, -0.1) is 0 Å². The number of nitrogens with zero attached hydrogens (tertiary/aromatic N) is 1. The summed E-state index contributed by atoms with van der Waals surface area (Å²) < 4.78 is 9.93. The van der Waals surface area contributed by atoms with E-state index in [2.05, 4.69) is 10.3 Å². The number of carbonyl (C=O) groups excluding carboxylic acids is 1. The molecule has 6 heteroatoms. The molecule has 0 aliphatic rings. The van der Waals surface area contributed by atoms with E-state index in [1.165, 1.54) is 6.20 Å². The molecule has 0 spiro atoms. The molecule has 6 nitrogen and oxygen atoms in total. The third-order valence-electron chi connectivity index (χ3n) is 2.24. The number of hydrogen-bond donors (Lipinski definition) is 2. The van der Waals surface area contributed by atoms with E-state index in [4.69, 9.17) is 15.2 Å². The number of methoxy groups -OCH3 is 1. The van der Waals surface area contributed by atoms with Crippen LogP contribution in [-0.2, 0) is 9.47 Å². The molecular weight excluding hydrogens is 234 g/mol. The van der Waals surface area contributed by atoms with Crippen molar-refractivity contribution in [3.05, 3.63) is 17.8 Å². The Hall–Kier alpha value is -1.82. The minimum Gasteiger partial charge on any atom is -0.462 e. The van der Waals surface area contributed by atoms with Crippen molar-refractivity contribution in [2.45, 2.75) is 19.9 Å². The van der Waals surface area contributed by atoms with Crippen LogP contribution in [0, 0.1) is 0 Å². The van der Waals surface area contributed by atoms with E-state index in [0.717, 1.165) is 0 Å². The van der Waals surface area contributed by atoms with E-state index in [1.54, 1.807) is 20.1 Å². The second-order valence-electron chi connectivity index (χ2n) is 3.88. The van der Waals surface area contributed by atoms with Crippen LogP contribution in [0.25, 0.3) is 0 Å². The largest absolute Gasteiger partial charge is 0.462 e. The molecule has 1 rings (SSSR count). The van der Waals surface area contributed by atoms with Gasteiger partial charge in [-0.25, -0.2) is 9.78 Å². The predicted molar refractivity (Wildman–Crippen MR) is 69.6 cm³/mol. The standard InChI is InChI=1S/C12H19N3O3/c1-4-18-12(16)9-5-11(14-6-10(9)13)15-8(2)7-17-3/h5-6,8H,4,7,13H2,1-3H3,(H,14,15). The Morgan fingerprint density at radius 1 is 1.61 bits per heavy atom. The summed E-state index contributed by atoms with van der Waals surface area (Å²) in [5, 5.41) is 3.11. The molecule has 1 aromatic rings. The van der Waals surface area contributed by atoms with Crippen LogP contribution in [0.2, 0.25) is 0 Å². The molecule has 0 amide bonds. The Bertz CT molecular complexity index is 410. The zero-order chi connectivity index (χ0) is 13.5. The van der Waals surface area contributed by atoms with Crippen LogP contribution < -0.4 is 11.1 Å². The highest BCUT2D eigenvalue weighted by Gasteiger charge is 2.13. The second-order valence-corrected chi connectivity index (χ2v) is 3.88. The molecule has 1 aromatic heterocycles. The molecule has 0 bridgehead atoms. The van der Waals surface area contributed by atoms with Crippen LogP contribution in [0.1, 0.15) is 24.2 Å². The molecule has 0 saturated heterocycles. The van der Waals surface area contributed by atoms with Crippen LogP contribution in [0.15, 0.2) is 12.3 Å². The number of ether oxygens (including phenoxy) is 2. The number of nitrogen functional groups attached to an aromatic ring is 1. The van der Waals surface area contributed by atoms with Crippen molar-refractivity contribution in [1.82, 2.24) is 4.98 Å². The van der Waals surface area contributed by atoms with Crippen LogP contribution in [0.3, 0.4) is 0 Å². The molecule has 1 heterocycles. The zero-order valence-corrected chi connectivity index (χ0v) is 10.9. The molecule has 0 fully saturated rings. The Morgan fingerprint density at radius 2 is 2.33 bits per heavy atom. The van der Waals surface area contributed by atoms with Gasteiger partial charge in [0.1, 0.15) is 5.82 Å². The molecular formula is C12H19N3O3. The third kappa shape index (κ3) is 3.89. The summed E-state index contributed by atoms with van der Waals surface area (Å²) in [4.78, 5) is 15.8. The molecule has 0 aliphatic carbocycles. The fourth-order valence-corrected chi connectivity index (χ4v) is 1.47. The lowest BCUT2D eigenvalue weighted by Crippen LogP contribution is -2.22. The van der Waals surface area contributed by atoms with E-state index in [1.807, 2.05) is 6.92 Å². The van der Waals surface area contributed by atoms with Crippen molar-refractivity contribution in [1.29, 1.82) is 0 Å². The van der Waals surface area contributed by atoms with Crippen molar-refractivity contribution in [3.63, 3.8) is 0 Å². The number of aromatic nitrogens is 1. The van der Waals surface area contributed by atoms with Gasteiger partial charge in [0.2, 0.25) is 0 Å². The summed E-state index contributed by atoms with van der Waals surface area (Å²) >= 11 is 0. The Morgan fingerprint density at radius 3 is 2.94 bits per heavy atom. The van der Waals surface area contributed by atoms with Crippen molar-refractivity contribution in [2.24, 2.45) is 0 Å². The molecule has 0 radical (unpaired) electrons. The molecule has 18 heavy (non-hydrogen) atoms. The average molecular weight is 253 g/mol. The maximum Gasteiger partial charge on any atom is 0.340 e. The molecule has 100 valence electrons. The first-order chi connectivity index (χ1) is 8.58. The Labute approximate surface area is 106 Å². The van der Waals surface area contributed by atoms with Gasteiger partial charge in [0.25, 0.3) is 0 Å². The number of carbonyl (C=O) groups is 1. The third-order valence-corrected chi connectivity index (χ3v) is 2.24. The van der Waals surface area contributed by atoms with Crippen LogP contribution in [0.5, 0.6) is 0 Å². The van der Waals surface area contributed by atoms with Gasteiger partial charge in [0.15, 0.2) is 0 Å². The summed E-state index contributed by atoms with van der Waals surface area (Å²) in [6, 6.07) is 1.67. The number of hydrogen-bond acceptors (Lipinski definition) is 6. The Kier molecular flexibility index (Phi) is 5.38. The molecule has 0 aliphatic heterocycles. The normalized spacial score (nSPS) is 11.9. The van der Waals surface area contributed by atoms with Gasteiger partial charge in [-0.3, -0.25) is 0 Å². The minimum atomic E-state index is -0.445. The zero-order valence-electron chi connectivity index (χ0n) is 10.9. The highest BCUT2D eigenvalue weighted by molar-refractivity contribution is 5.95. The van der Waals surface area contributed by atoms with Gasteiger partial charge in [0.05, 0.1) is 30.7 Å².